The first kappa shape index (κ1) is 40.1. The highest BCUT2D eigenvalue weighted by molar-refractivity contribution is 5.87. The minimum absolute atomic E-state index is 0.494. The van der Waals surface area contributed by atoms with Crippen LogP contribution in [-0.4, -0.2) is 30.4 Å². The molecule has 0 saturated carbocycles. The Hall–Kier alpha value is -9.40. The number of hydrogen-bond acceptors (Lipinski definition) is 8. The van der Waals surface area contributed by atoms with Gasteiger partial charge in [0.05, 0.1) is 22.4 Å². The lowest BCUT2D eigenvalue weighted by Crippen LogP contribution is -1.95. The van der Waals surface area contributed by atoms with E-state index >= 15 is 0 Å². The van der Waals surface area contributed by atoms with Gasteiger partial charge in [0.1, 0.15) is 0 Å². The van der Waals surface area contributed by atoms with Crippen LogP contribution in [0.2, 0.25) is 0 Å². The van der Waals surface area contributed by atoms with Crippen molar-refractivity contribution in [2.75, 3.05) is 0 Å². The van der Waals surface area contributed by atoms with E-state index in [-0.39, 0.29) is 0 Å². The fraction of sp³-hybridized carbons (Fsp3) is 0. The molecule has 8 nitrogen and oxygen atoms in total. The summed E-state index contributed by atoms with van der Waals surface area (Å²) in [6, 6.07) is 78.5. The van der Waals surface area contributed by atoms with E-state index in [0.29, 0.717) is 23.6 Å². The van der Waals surface area contributed by atoms with Gasteiger partial charge in [0.15, 0.2) is 0 Å². The number of benzene rings is 9. The maximum absolute atomic E-state index is 5.97. The molecule has 0 atom stereocenters. The predicted octanol–water partition coefficient (Wildman–Crippen LogP) is 15.1. The summed E-state index contributed by atoms with van der Waals surface area (Å²) in [7, 11) is 0. The second kappa shape index (κ2) is 17.5. The summed E-state index contributed by atoms with van der Waals surface area (Å²) in [5, 5.41) is 17.0. The van der Waals surface area contributed by atoms with E-state index in [0.717, 1.165) is 100 Å². The van der Waals surface area contributed by atoms with Crippen LogP contribution in [0.4, 0.5) is 0 Å². The molecule has 8 heteroatoms. The molecule has 3 heterocycles. The van der Waals surface area contributed by atoms with E-state index in [9.17, 15) is 0 Å². The third-order valence-corrected chi connectivity index (χ3v) is 12.1. The third-order valence-electron chi connectivity index (χ3n) is 12.1. The average molecular weight is 875 g/mol. The second-order valence-electron chi connectivity index (χ2n) is 16.4. The minimum Gasteiger partial charge on any atom is -0.416 e. The SMILES string of the molecule is c1ccc(-c2nnc(-c3ccc(-c4ccc(-c5ccc(-c6nc7ccccc7nc6-c6ccc(-c7ccc(-c8ccc(-c9nnc(-c%10ccccc%10)o9)cc8)cc7)cc6)cc5)cc4)cc3)o2)cc1. The Morgan fingerprint density at radius 2 is 0.397 bits per heavy atom. The van der Waals surface area contributed by atoms with Gasteiger partial charge < -0.3 is 8.83 Å². The highest BCUT2D eigenvalue weighted by atomic mass is 16.4. The molecule has 0 spiro atoms. The molecule has 0 aliphatic carbocycles. The molecule has 0 N–H and O–H groups in total. The Morgan fingerprint density at radius 3 is 0.662 bits per heavy atom. The minimum atomic E-state index is 0.494. The molecule has 3 aromatic heterocycles. The van der Waals surface area contributed by atoms with Gasteiger partial charge >= 0.3 is 0 Å². The van der Waals surface area contributed by atoms with Gasteiger partial charge in [0.2, 0.25) is 23.6 Å². The summed E-state index contributed by atoms with van der Waals surface area (Å²) in [5.74, 6) is 2.00. The van der Waals surface area contributed by atoms with Crippen LogP contribution in [0, 0.1) is 0 Å². The molecule has 320 valence electrons. The van der Waals surface area contributed by atoms with Gasteiger partial charge in [-0.1, -0.05) is 170 Å². The van der Waals surface area contributed by atoms with E-state index in [1.54, 1.807) is 0 Å². The van der Waals surface area contributed by atoms with Crippen LogP contribution in [0.15, 0.2) is 239 Å². The van der Waals surface area contributed by atoms with Crippen molar-refractivity contribution < 1.29 is 8.83 Å². The van der Waals surface area contributed by atoms with Crippen molar-refractivity contribution >= 4 is 11.0 Å². The number of hydrogen-bond donors (Lipinski definition) is 0. The summed E-state index contributed by atoms with van der Waals surface area (Å²) >= 11 is 0. The van der Waals surface area contributed by atoms with E-state index in [4.69, 9.17) is 18.8 Å². The van der Waals surface area contributed by atoms with Crippen molar-refractivity contribution in [3.05, 3.63) is 231 Å². The van der Waals surface area contributed by atoms with E-state index < -0.39 is 0 Å². The smallest absolute Gasteiger partial charge is 0.248 e. The Labute approximate surface area is 392 Å². The Balaban J connectivity index is 0.748. The molecule has 12 rings (SSSR count). The summed E-state index contributed by atoms with van der Waals surface area (Å²) in [6.45, 7) is 0. The molecule has 0 radical (unpaired) electrons. The van der Waals surface area contributed by atoms with Crippen molar-refractivity contribution in [2.45, 2.75) is 0 Å². The van der Waals surface area contributed by atoms with E-state index in [2.05, 4.69) is 142 Å². The zero-order valence-corrected chi connectivity index (χ0v) is 36.4. The first-order chi connectivity index (χ1) is 33.6. The number of aromatic nitrogens is 6. The van der Waals surface area contributed by atoms with Gasteiger partial charge in [-0.25, -0.2) is 9.97 Å². The zero-order chi connectivity index (χ0) is 45.2. The van der Waals surface area contributed by atoms with Crippen molar-refractivity contribution in [3.63, 3.8) is 0 Å². The fourth-order valence-electron chi connectivity index (χ4n) is 8.44. The van der Waals surface area contributed by atoms with E-state index in [1.165, 1.54) is 0 Å². The number of nitrogens with zero attached hydrogens (tertiary/aromatic N) is 6. The van der Waals surface area contributed by atoms with Crippen LogP contribution in [0.25, 0.3) is 124 Å². The lowest BCUT2D eigenvalue weighted by molar-refractivity contribution is 0.584. The molecular formula is C60H38N6O2. The van der Waals surface area contributed by atoms with Gasteiger partial charge in [0, 0.05) is 33.4 Å². The maximum atomic E-state index is 5.97. The summed E-state index contributed by atoms with van der Waals surface area (Å²) in [5.41, 5.74) is 17.8. The van der Waals surface area contributed by atoms with Crippen molar-refractivity contribution in [1.29, 1.82) is 0 Å². The summed E-state index contributed by atoms with van der Waals surface area (Å²) in [4.78, 5) is 10.4. The molecular weight excluding hydrogens is 837 g/mol. The fourth-order valence-corrected chi connectivity index (χ4v) is 8.44. The van der Waals surface area contributed by atoms with Crippen LogP contribution in [0.3, 0.4) is 0 Å². The van der Waals surface area contributed by atoms with Crippen LogP contribution in [-0.2, 0) is 0 Å². The maximum Gasteiger partial charge on any atom is 0.248 e. The molecule has 68 heavy (non-hydrogen) atoms. The zero-order valence-electron chi connectivity index (χ0n) is 36.4. The Morgan fingerprint density at radius 1 is 0.191 bits per heavy atom. The van der Waals surface area contributed by atoms with Crippen LogP contribution < -0.4 is 0 Å². The molecule has 9 aromatic carbocycles. The summed E-state index contributed by atoms with van der Waals surface area (Å²) < 4.78 is 11.9. The lowest BCUT2D eigenvalue weighted by Gasteiger charge is -2.12. The van der Waals surface area contributed by atoms with Crippen LogP contribution >= 0.6 is 0 Å². The molecule has 0 bridgehead atoms. The van der Waals surface area contributed by atoms with Gasteiger partial charge in [0.25, 0.3) is 0 Å². The topological polar surface area (TPSA) is 104 Å². The molecule has 0 unspecified atom stereocenters. The van der Waals surface area contributed by atoms with Gasteiger partial charge in [-0.15, -0.1) is 20.4 Å². The van der Waals surface area contributed by atoms with Crippen molar-refractivity contribution in [2.24, 2.45) is 0 Å². The highest BCUT2D eigenvalue weighted by Gasteiger charge is 2.16. The predicted molar refractivity (Wildman–Crippen MR) is 270 cm³/mol. The molecule has 0 fully saturated rings. The van der Waals surface area contributed by atoms with Gasteiger partial charge in [-0.3, -0.25) is 0 Å². The number of fused-ring (bicyclic) bond motifs is 1. The number of rotatable bonds is 10. The lowest BCUT2D eigenvalue weighted by atomic mass is 9.96. The van der Waals surface area contributed by atoms with Crippen LogP contribution in [0.1, 0.15) is 0 Å². The molecule has 0 saturated heterocycles. The molecule has 12 aromatic rings. The van der Waals surface area contributed by atoms with Gasteiger partial charge in [-0.05, 0) is 105 Å². The first-order valence-corrected chi connectivity index (χ1v) is 22.3. The Kier molecular flexibility index (Phi) is 10.3. The number of para-hydroxylation sites is 2. The normalized spacial score (nSPS) is 11.2. The standard InChI is InChI=1S/C60H38N6O2/c1-3-9-49(10-4-1)57-63-65-59(67-57)51-35-27-45(28-36-51)41-19-15-39(16-20-41)43-23-31-47(32-24-43)55-56(62-54-14-8-7-13-53(54)61-55)48-33-25-44(26-34-48)40-17-21-42(22-18-40)46-29-37-52(38-30-46)60-66-64-58(68-60)50-11-5-2-6-12-50/h1-38H. The largest absolute Gasteiger partial charge is 0.416 e. The van der Waals surface area contributed by atoms with Gasteiger partial charge in [-0.2, -0.15) is 0 Å². The molecule has 0 aliphatic rings. The van der Waals surface area contributed by atoms with Crippen LogP contribution in [0.5, 0.6) is 0 Å². The quantitative estimate of drug-likeness (QED) is 0.134. The van der Waals surface area contributed by atoms with E-state index in [1.807, 2.05) is 109 Å². The highest BCUT2D eigenvalue weighted by Crippen LogP contribution is 2.36. The molecule has 0 aliphatic heterocycles. The molecule has 0 amide bonds. The third kappa shape index (κ3) is 8.03. The second-order valence-corrected chi connectivity index (χ2v) is 16.4. The van der Waals surface area contributed by atoms with Crippen molar-refractivity contribution in [3.8, 4) is 113 Å². The Bertz CT molecular complexity index is 3420. The monoisotopic (exact) mass is 874 g/mol. The first-order valence-electron chi connectivity index (χ1n) is 22.3. The van der Waals surface area contributed by atoms with Crippen molar-refractivity contribution in [1.82, 2.24) is 30.4 Å². The average Bonchev–Trinajstić information content (AvgIpc) is 4.14. The summed E-state index contributed by atoms with van der Waals surface area (Å²) in [6.07, 6.45) is 0.